The molecule has 6 heteroatoms. The van der Waals surface area contributed by atoms with Crippen molar-refractivity contribution in [1.29, 1.82) is 0 Å². The molecule has 2 aliphatic heterocycles. The molecule has 0 radical (unpaired) electrons. The Morgan fingerprint density at radius 1 is 0.440 bits per heavy atom. The molecule has 50 heavy (non-hydrogen) atoms. The smallest absolute Gasteiger partial charge is 0.175 e. The lowest BCUT2D eigenvalue weighted by atomic mass is 10.1. The normalized spacial score (nSPS) is 18.9. The SMILES string of the molecule is Cc1ccc2c(c1)P(=O)(c1ccccc1)c1cc(-n3c4ccccc4c4ccccc43)cc3c1N2c1ccc(C)cc1P3(=O)c1ccccc1. The number of benzene rings is 7. The quantitative estimate of drug-likeness (QED) is 0.175. The fourth-order valence-corrected chi connectivity index (χ4v) is 14.6. The maximum atomic E-state index is 16.5. The molecular formula is C44H32N2O2P2. The average Bonchev–Trinajstić information content (AvgIpc) is 3.50. The zero-order valence-electron chi connectivity index (χ0n) is 27.6. The number of nitrogens with zero attached hydrogens (tertiary/aromatic N) is 2. The lowest BCUT2D eigenvalue weighted by Crippen LogP contribution is -2.46. The predicted molar refractivity (Wildman–Crippen MR) is 211 cm³/mol. The molecule has 7 aromatic carbocycles. The minimum atomic E-state index is -3.51. The van der Waals surface area contributed by atoms with Gasteiger partial charge in [-0.15, -0.1) is 0 Å². The van der Waals surface area contributed by atoms with E-state index in [-0.39, 0.29) is 0 Å². The molecule has 240 valence electrons. The number of aromatic nitrogens is 1. The van der Waals surface area contributed by atoms with Crippen molar-refractivity contribution in [3.8, 4) is 5.69 Å². The molecule has 3 heterocycles. The van der Waals surface area contributed by atoms with Crippen LogP contribution in [0.25, 0.3) is 27.5 Å². The molecular weight excluding hydrogens is 650 g/mol. The summed E-state index contributed by atoms with van der Waals surface area (Å²) in [6, 6.07) is 53.4. The van der Waals surface area contributed by atoms with Gasteiger partial charge in [0.2, 0.25) is 0 Å². The van der Waals surface area contributed by atoms with Gasteiger partial charge in [0.25, 0.3) is 0 Å². The predicted octanol–water partition coefficient (Wildman–Crippen LogP) is 8.78. The molecule has 2 aliphatic rings. The van der Waals surface area contributed by atoms with Crippen molar-refractivity contribution in [2.45, 2.75) is 13.8 Å². The molecule has 0 aliphatic carbocycles. The van der Waals surface area contributed by atoms with E-state index in [1.54, 1.807) is 0 Å². The van der Waals surface area contributed by atoms with Crippen molar-refractivity contribution in [3.05, 3.63) is 169 Å². The van der Waals surface area contributed by atoms with E-state index in [1.807, 2.05) is 60.7 Å². The van der Waals surface area contributed by atoms with Crippen LogP contribution in [0.1, 0.15) is 11.1 Å². The highest BCUT2D eigenvalue weighted by atomic mass is 31.2. The second-order valence-electron chi connectivity index (χ2n) is 13.4. The van der Waals surface area contributed by atoms with Gasteiger partial charge in [0.05, 0.1) is 28.1 Å². The number of rotatable bonds is 3. The fourth-order valence-electron chi connectivity index (χ4n) is 8.24. The molecule has 0 saturated carbocycles. The molecule has 0 N–H and O–H groups in total. The minimum absolute atomic E-state index is 0.707. The van der Waals surface area contributed by atoms with Crippen LogP contribution in [0.5, 0.6) is 0 Å². The summed E-state index contributed by atoms with van der Waals surface area (Å²) in [5.41, 5.74) is 7.51. The van der Waals surface area contributed by atoms with Gasteiger partial charge in [-0.05, 0) is 62.4 Å². The molecule has 2 atom stereocenters. The van der Waals surface area contributed by atoms with Crippen LogP contribution in [0.3, 0.4) is 0 Å². The first-order valence-electron chi connectivity index (χ1n) is 16.9. The molecule has 0 saturated heterocycles. The van der Waals surface area contributed by atoms with Crippen LogP contribution in [-0.2, 0) is 9.13 Å². The monoisotopic (exact) mass is 682 g/mol. The van der Waals surface area contributed by atoms with Gasteiger partial charge in [-0.25, -0.2) is 0 Å². The van der Waals surface area contributed by atoms with Gasteiger partial charge in [0, 0.05) is 48.3 Å². The third-order valence-electron chi connectivity index (χ3n) is 10.5. The van der Waals surface area contributed by atoms with Crippen LogP contribution >= 0.6 is 14.3 Å². The van der Waals surface area contributed by atoms with E-state index in [0.29, 0.717) is 10.6 Å². The van der Waals surface area contributed by atoms with Crippen molar-refractivity contribution < 1.29 is 9.13 Å². The number of aryl methyl sites for hydroxylation is 2. The molecule has 0 amide bonds. The molecule has 10 rings (SSSR count). The van der Waals surface area contributed by atoms with Gasteiger partial charge < -0.3 is 18.6 Å². The Labute approximate surface area is 291 Å². The summed E-state index contributed by atoms with van der Waals surface area (Å²) in [5, 5.41) is 6.80. The van der Waals surface area contributed by atoms with Crippen molar-refractivity contribution >= 4 is 85.0 Å². The van der Waals surface area contributed by atoms with Crippen LogP contribution in [0.15, 0.2) is 158 Å². The third kappa shape index (κ3) is 3.84. The summed E-state index contributed by atoms with van der Waals surface area (Å²) >= 11 is 0. The topological polar surface area (TPSA) is 42.3 Å². The van der Waals surface area contributed by atoms with Crippen molar-refractivity contribution in [2.24, 2.45) is 0 Å². The summed E-state index contributed by atoms with van der Waals surface area (Å²) in [5.74, 6) is 0. The Bertz CT molecular complexity index is 2620. The standard InChI is InChI=1S/C44H32N2O2P2/c1-29-21-23-38-40(25-29)49(47,32-13-5-3-6-14-32)42-27-31(45-36-19-11-9-17-34(36)35-18-10-12-20-37(35)45)28-43-44(42)46(38)39-24-22-30(2)26-41(39)50(43,48)33-15-7-4-8-16-33/h3-28H,1-2H3. The second-order valence-corrected chi connectivity index (χ2v) is 18.8. The van der Waals surface area contributed by atoms with Crippen LogP contribution in [0.4, 0.5) is 17.1 Å². The molecule has 2 unspecified atom stereocenters. The molecule has 0 spiro atoms. The fraction of sp³-hybridized carbons (Fsp3) is 0.0455. The molecule has 8 aromatic rings. The minimum Gasteiger partial charge on any atom is -0.309 e. The van der Waals surface area contributed by atoms with Crippen molar-refractivity contribution in [2.75, 3.05) is 4.90 Å². The summed E-state index contributed by atoms with van der Waals surface area (Å²) < 4.78 is 35.3. The van der Waals surface area contributed by atoms with E-state index >= 15 is 9.13 Å². The first-order valence-corrected chi connectivity index (χ1v) is 20.3. The number of fused-ring (bicyclic) bond motifs is 7. The van der Waals surface area contributed by atoms with Crippen LogP contribution in [-0.4, -0.2) is 4.57 Å². The van der Waals surface area contributed by atoms with Gasteiger partial charge in [-0.3, -0.25) is 0 Å². The molecule has 4 nitrogen and oxygen atoms in total. The number of para-hydroxylation sites is 2. The summed E-state index contributed by atoms with van der Waals surface area (Å²) in [4.78, 5) is 2.24. The highest BCUT2D eigenvalue weighted by Gasteiger charge is 2.50. The van der Waals surface area contributed by atoms with E-state index in [2.05, 4.69) is 120 Å². The van der Waals surface area contributed by atoms with Crippen molar-refractivity contribution in [1.82, 2.24) is 4.57 Å². The first-order chi connectivity index (χ1) is 24.4. The lowest BCUT2D eigenvalue weighted by Gasteiger charge is -2.44. The van der Waals surface area contributed by atoms with E-state index < -0.39 is 14.3 Å². The highest BCUT2D eigenvalue weighted by Crippen LogP contribution is 2.61. The summed E-state index contributed by atoms with van der Waals surface area (Å²) in [6.45, 7) is 4.12. The Morgan fingerprint density at radius 2 is 0.860 bits per heavy atom. The van der Waals surface area contributed by atoms with Gasteiger partial charge in [-0.2, -0.15) is 0 Å². The van der Waals surface area contributed by atoms with E-state index in [1.165, 1.54) is 0 Å². The average molecular weight is 683 g/mol. The van der Waals surface area contributed by atoms with Crippen molar-refractivity contribution in [3.63, 3.8) is 0 Å². The third-order valence-corrected chi connectivity index (χ3v) is 16.6. The lowest BCUT2D eigenvalue weighted by molar-refractivity contribution is 0.592. The molecule has 0 bridgehead atoms. The van der Waals surface area contributed by atoms with E-state index in [9.17, 15) is 0 Å². The van der Waals surface area contributed by atoms with Gasteiger partial charge >= 0.3 is 0 Å². The van der Waals surface area contributed by atoms with Gasteiger partial charge in [-0.1, -0.05) is 120 Å². The summed E-state index contributed by atoms with van der Waals surface area (Å²) in [6.07, 6.45) is 0. The summed E-state index contributed by atoms with van der Waals surface area (Å²) in [7, 11) is -7.02. The second kappa shape index (κ2) is 10.6. The van der Waals surface area contributed by atoms with E-state index in [4.69, 9.17) is 0 Å². The zero-order chi connectivity index (χ0) is 33.8. The Balaban J connectivity index is 1.44. The maximum Gasteiger partial charge on any atom is 0.175 e. The van der Waals surface area contributed by atoms with Crippen LogP contribution in [0, 0.1) is 13.8 Å². The maximum absolute atomic E-state index is 16.5. The van der Waals surface area contributed by atoms with Crippen LogP contribution < -0.4 is 36.7 Å². The largest absolute Gasteiger partial charge is 0.309 e. The number of hydrogen-bond acceptors (Lipinski definition) is 3. The van der Waals surface area contributed by atoms with Crippen LogP contribution in [0.2, 0.25) is 0 Å². The van der Waals surface area contributed by atoms with Gasteiger partial charge in [0.1, 0.15) is 0 Å². The van der Waals surface area contributed by atoms with E-state index in [0.717, 1.165) is 76.9 Å². The molecule has 1 aromatic heterocycles. The Hall–Kier alpha value is -5.40. The molecule has 0 fully saturated rings. The first kappa shape index (κ1) is 29.5. The highest BCUT2D eigenvalue weighted by molar-refractivity contribution is 7.88. The number of anilines is 3. The van der Waals surface area contributed by atoms with Gasteiger partial charge in [0.15, 0.2) is 14.3 Å². The number of hydrogen-bond donors (Lipinski definition) is 0. The Kier molecular flexibility index (Phi) is 6.23. The Morgan fingerprint density at radius 3 is 1.32 bits per heavy atom. The zero-order valence-corrected chi connectivity index (χ0v) is 29.4.